The summed E-state index contributed by atoms with van der Waals surface area (Å²) in [6, 6.07) is 25.7. The molecule has 2 amide bonds. The van der Waals surface area contributed by atoms with Gasteiger partial charge in [0, 0.05) is 31.2 Å². The first-order valence-electron chi connectivity index (χ1n) is 12.9. The number of carbonyl (C=O) groups is 2. The highest BCUT2D eigenvalue weighted by atomic mass is 32.2. The second-order valence-corrected chi connectivity index (χ2v) is 11.8. The summed E-state index contributed by atoms with van der Waals surface area (Å²) in [6.07, 6.45) is 4.84. The molecule has 3 aromatic carbocycles. The molecule has 1 fully saturated rings. The van der Waals surface area contributed by atoms with Crippen molar-refractivity contribution in [1.29, 1.82) is 0 Å². The molecule has 200 valence electrons. The Balaban J connectivity index is 1.12. The van der Waals surface area contributed by atoms with Crippen molar-refractivity contribution in [3.8, 4) is 5.69 Å². The Morgan fingerprint density at radius 3 is 2.21 bits per heavy atom. The molecule has 0 saturated carbocycles. The van der Waals surface area contributed by atoms with Crippen LogP contribution in [0.15, 0.2) is 96.0 Å². The van der Waals surface area contributed by atoms with Crippen molar-refractivity contribution in [2.24, 2.45) is 0 Å². The summed E-state index contributed by atoms with van der Waals surface area (Å²) in [5, 5.41) is 7.37. The van der Waals surface area contributed by atoms with Crippen LogP contribution in [0.1, 0.15) is 40.4 Å². The molecule has 0 bridgehead atoms. The Morgan fingerprint density at radius 2 is 1.56 bits per heavy atom. The number of carbonyl (C=O) groups excluding carboxylic acids is 2. The number of anilines is 1. The Labute approximate surface area is 228 Å². The maximum Gasteiger partial charge on any atom is 0.274 e. The van der Waals surface area contributed by atoms with E-state index in [0.717, 1.165) is 30.3 Å². The van der Waals surface area contributed by atoms with Crippen LogP contribution in [0, 0.1) is 0 Å². The minimum atomic E-state index is -3.26. The Kier molecular flexibility index (Phi) is 7.60. The van der Waals surface area contributed by atoms with Gasteiger partial charge in [-0.05, 0) is 72.4 Å². The van der Waals surface area contributed by atoms with E-state index in [1.54, 1.807) is 22.9 Å². The molecule has 1 aliphatic heterocycles. The van der Waals surface area contributed by atoms with E-state index in [0.29, 0.717) is 30.4 Å². The topological polar surface area (TPSA) is 101 Å². The third-order valence-corrected chi connectivity index (χ3v) is 8.12. The molecule has 0 radical (unpaired) electrons. The van der Waals surface area contributed by atoms with Crippen molar-refractivity contribution >= 4 is 27.3 Å². The number of sulfone groups is 1. The van der Waals surface area contributed by atoms with E-state index in [9.17, 15) is 18.0 Å². The molecule has 0 spiro atoms. The maximum atomic E-state index is 13.0. The molecule has 1 N–H and O–H groups in total. The van der Waals surface area contributed by atoms with Gasteiger partial charge >= 0.3 is 0 Å². The molecule has 8 nitrogen and oxygen atoms in total. The van der Waals surface area contributed by atoms with Crippen LogP contribution in [0.4, 0.5) is 5.69 Å². The summed E-state index contributed by atoms with van der Waals surface area (Å²) in [5.74, 6) is 0.123. The fourth-order valence-electron chi connectivity index (χ4n) is 4.82. The summed E-state index contributed by atoms with van der Waals surface area (Å²) in [6.45, 7) is 1.33. The monoisotopic (exact) mass is 542 g/mol. The van der Waals surface area contributed by atoms with Crippen LogP contribution in [0.25, 0.3) is 5.69 Å². The van der Waals surface area contributed by atoms with Gasteiger partial charge in [0.25, 0.3) is 5.91 Å². The Bertz CT molecular complexity index is 1560. The number of nitrogens with one attached hydrogen (secondary N) is 1. The first-order valence-corrected chi connectivity index (χ1v) is 14.7. The zero-order chi connectivity index (χ0) is 27.4. The van der Waals surface area contributed by atoms with Gasteiger partial charge in [0.05, 0.1) is 17.0 Å². The number of hydrogen-bond acceptors (Lipinski definition) is 5. The predicted octanol–water partition coefficient (Wildman–Crippen LogP) is 4.48. The van der Waals surface area contributed by atoms with Crippen LogP contribution in [0.3, 0.4) is 0 Å². The third kappa shape index (κ3) is 6.43. The van der Waals surface area contributed by atoms with Gasteiger partial charge in [-0.15, -0.1) is 0 Å². The molecule has 0 unspecified atom stereocenters. The lowest BCUT2D eigenvalue weighted by Crippen LogP contribution is -2.38. The molecule has 39 heavy (non-hydrogen) atoms. The summed E-state index contributed by atoms with van der Waals surface area (Å²) >= 11 is 0. The number of piperidine rings is 1. The minimum Gasteiger partial charge on any atom is -0.337 e. The highest BCUT2D eigenvalue weighted by molar-refractivity contribution is 7.90. The number of benzene rings is 3. The number of likely N-dealkylation sites (tertiary alicyclic amines) is 1. The predicted molar refractivity (Wildman–Crippen MR) is 150 cm³/mol. The van der Waals surface area contributed by atoms with Crippen LogP contribution in [0.2, 0.25) is 0 Å². The fourth-order valence-corrected chi connectivity index (χ4v) is 5.45. The molecule has 1 aliphatic rings. The standard InChI is InChI=1S/C30H30N4O4S/c1-39(37,38)27-13-7-22(8-14-27)21-29(35)31-25-11-9-23(10-12-25)24-15-18-33(19-16-24)30(36)28-17-20-34(32-28)26-5-3-2-4-6-26/h2-14,17,20,24H,15-16,18-19,21H2,1H3,(H,31,35). The van der Waals surface area contributed by atoms with Crippen LogP contribution in [-0.2, 0) is 21.1 Å². The van der Waals surface area contributed by atoms with Gasteiger partial charge in [0.2, 0.25) is 5.91 Å². The zero-order valence-electron chi connectivity index (χ0n) is 21.7. The summed E-state index contributed by atoms with van der Waals surface area (Å²) in [7, 11) is -3.26. The van der Waals surface area contributed by atoms with Crippen molar-refractivity contribution < 1.29 is 18.0 Å². The molecule has 2 heterocycles. The number of aromatic nitrogens is 2. The van der Waals surface area contributed by atoms with Gasteiger partial charge in [0.15, 0.2) is 15.5 Å². The van der Waals surface area contributed by atoms with Crippen molar-refractivity contribution in [2.75, 3.05) is 24.7 Å². The van der Waals surface area contributed by atoms with Gasteiger partial charge in [-0.3, -0.25) is 9.59 Å². The molecule has 0 aliphatic carbocycles. The molecule has 9 heteroatoms. The lowest BCUT2D eigenvalue weighted by Gasteiger charge is -2.32. The molecule has 1 aromatic heterocycles. The van der Waals surface area contributed by atoms with E-state index in [1.807, 2.05) is 65.7 Å². The van der Waals surface area contributed by atoms with Crippen molar-refractivity contribution in [3.05, 3.63) is 108 Å². The van der Waals surface area contributed by atoms with Crippen molar-refractivity contribution in [2.45, 2.75) is 30.1 Å². The van der Waals surface area contributed by atoms with E-state index in [-0.39, 0.29) is 23.1 Å². The Hall–Kier alpha value is -4.24. The largest absolute Gasteiger partial charge is 0.337 e. The minimum absolute atomic E-state index is 0.0489. The lowest BCUT2D eigenvalue weighted by atomic mass is 9.89. The summed E-state index contributed by atoms with van der Waals surface area (Å²) in [4.78, 5) is 27.6. The zero-order valence-corrected chi connectivity index (χ0v) is 22.5. The van der Waals surface area contributed by atoms with Crippen molar-refractivity contribution in [1.82, 2.24) is 14.7 Å². The highest BCUT2D eigenvalue weighted by Crippen LogP contribution is 2.29. The molecule has 4 aromatic rings. The Morgan fingerprint density at radius 1 is 0.897 bits per heavy atom. The second-order valence-electron chi connectivity index (χ2n) is 9.81. The molecule has 5 rings (SSSR count). The fraction of sp³-hybridized carbons (Fsp3) is 0.233. The van der Waals surface area contributed by atoms with Crippen LogP contribution in [0.5, 0.6) is 0 Å². The number of amides is 2. The lowest BCUT2D eigenvalue weighted by molar-refractivity contribution is -0.115. The van der Waals surface area contributed by atoms with E-state index < -0.39 is 9.84 Å². The quantitative estimate of drug-likeness (QED) is 0.371. The average Bonchev–Trinajstić information content (AvgIpc) is 3.44. The second kappa shape index (κ2) is 11.2. The van der Waals surface area contributed by atoms with Crippen LogP contribution < -0.4 is 5.32 Å². The van der Waals surface area contributed by atoms with Gasteiger partial charge < -0.3 is 10.2 Å². The van der Waals surface area contributed by atoms with Crippen LogP contribution in [-0.4, -0.2) is 54.3 Å². The number of hydrogen-bond donors (Lipinski definition) is 1. The van der Waals surface area contributed by atoms with Crippen molar-refractivity contribution in [3.63, 3.8) is 0 Å². The first kappa shape index (κ1) is 26.4. The number of rotatable bonds is 7. The van der Waals surface area contributed by atoms with Crippen LogP contribution >= 0.6 is 0 Å². The molecule has 0 atom stereocenters. The smallest absolute Gasteiger partial charge is 0.274 e. The van der Waals surface area contributed by atoms with Gasteiger partial charge in [-0.25, -0.2) is 13.1 Å². The molecular formula is C30H30N4O4S. The van der Waals surface area contributed by atoms with E-state index >= 15 is 0 Å². The number of para-hydroxylation sites is 1. The third-order valence-electron chi connectivity index (χ3n) is 6.99. The maximum absolute atomic E-state index is 13.0. The van der Waals surface area contributed by atoms with Gasteiger partial charge in [-0.1, -0.05) is 42.5 Å². The first-order chi connectivity index (χ1) is 18.8. The van der Waals surface area contributed by atoms with Gasteiger partial charge in [0.1, 0.15) is 0 Å². The normalized spacial score (nSPS) is 14.2. The van der Waals surface area contributed by atoms with Gasteiger partial charge in [-0.2, -0.15) is 5.10 Å². The van der Waals surface area contributed by atoms with E-state index in [1.165, 1.54) is 17.7 Å². The highest BCUT2D eigenvalue weighted by Gasteiger charge is 2.26. The van der Waals surface area contributed by atoms with E-state index in [2.05, 4.69) is 10.4 Å². The van der Waals surface area contributed by atoms with E-state index in [4.69, 9.17) is 0 Å². The summed E-state index contributed by atoms with van der Waals surface area (Å²) in [5.41, 5.74) is 3.99. The summed E-state index contributed by atoms with van der Waals surface area (Å²) < 4.78 is 24.9. The average molecular weight is 543 g/mol. The molecular weight excluding hydrogens is 512 g/mol. The molecule has 1 saturated heterocycles. The SMILES string of the molecule is CS(=O)(=O)c1ccc(CC(=O)Nc2ccc(C3CCN(C(=O)c4ccn(-c5ccccc5)n4)CC3)cc2)cc1. The number of nitrogens with zero attached hydrogens (tertiary/aromatic N) is 3.